The Morgan fingerprint density at radius 1 is 1.17 bits per heavy atom. The van der Waals surface area contributed by atoms with Gasteiger partial charge in [0.2, 0.25) is 0 Å². The molecule has 1 rings (SSSR count). The quantitative estimate of drug-likeness (QED) is 0.417. The molecule has 0 aromatic heterocycles. The summed E-state index contributed by atoms with van der Waals surface area (Å²) >= 11 is 0. The van der Waals surface area contributed by atoms with Crippen LogP contribution in [0.4, 0.5) is 13.2 Å². The second kappa shape index (κ2) is 8.75. The summed E-state index contributed by atoms with van der Waals surface area (Å²) in [6, 6.07) is 5.69. The molecule has 3 nitrogen and oxygen atoms in total. The van der Waals surface area contributed by atoms with Gasteiger partial charge in [-0.3, -0.25) is 4.99 Å². The lowest BCUT2D eigenvalue weighted by Gasteiger charge is -2.28. The number of alkyl halides is 3. The number of hydrogen-bond acceptors (Lipinski definition) is 1. The zero-order valence-electron chi connectivity index (χ0n) is 14.1. The second-order valence-corrected chi connectivity index (χ2v) is 6.19. The fourth-order valence-corrected chi connectivity index (χ4v) is 1.99. The standard InChI is InChI=1S/C16H24F3N3.HI/c1-11(2)22-14(20-5)21-10-15(3,4)12-7-6-8-13(9-12)16(17,18)19;/h6-9,11H,10H2,1-5H3,(H2,20,21,22);1H. The highest BCUT2D eigenvalue weighted by Gasteiger charge is 2.32. The van der Waals surface area contributed by atoms with Crippen molar-refractivity contribution in [1.82, 2.24) is 10.6 Å². The van der Waals surface area contributed by atoms with Gasteiger partial charge in [0, 0.05) is 25.0 Å². The van der Waals surface area contributed by atoms with E-state index in [0.717, 1.165) is 6.07 Å². The molecular formula is C16H25F3IN3. The molecule has 0 radical (unpaired) electrons. The van der Waals surface area contributed by atoms with Crippen molar-refractivity contribution >= 4 is 29.9 Å². The Bertz CT molecular complexity index is 526. The van der Waals surface area contributed by atoms with Gasteiger partial charge in [-0.1, -0.05) is 32.0 Å². The molecule has 0 aliphatic heterocycles. The summed E-state index contributed by atoms with van der Waals surface area (Å²) in [6.07, 6.45) is -4.32. The van der Waals surface area contributed by atoms with Gasteiger partial charge in [0.1, 0.15) is 0 Å². The first-order valence-corrected chi connectivity index (χ1v) is 7.21. The van der Waals surface area contributed by atoms with E-state index >= 15 is 0 Å². The Morgan fingerprint density at radius 2 is 1.74 bits per heavy atom. The molecule has 1 aromatic carbocycles. The highest BCUT2D eigenvalue weighted by molar-refractivity contribution is 14.0. The van der Waals surface area contributed by atoms with Crippen molar-refractivity contribution in [3.8, 4) is 0 Å². The molecule has 132 valence electrons. The van der Waals surface area contributed by atoms with Gasteiger partial charge in [-0.2, -0.15) is 13.2 Å². The van der Waals surface area contributed by atoms with Crippen molar-refractivity contribution in [3.05, 3.63) is 35.4 Å². The van der Waals surface area contributed by atoms with Gasteiger partial charge in [0.15, 0.2) is 5.96 Å². The average molecular weight is 443 g/mol. The van der Waals surface area contributed by atoms with Gasteiger partial charge >= 0.3 is 6.18 Å². The number of benzene rings is 1. The maximum atomic E-state index is 12.8. The zero-order chi connectivity index (χ0) is 17.0. The lowest BCUT2D eigenvalue weighted by molar-refractivity contribution is -0.137. The predicted molar refractivity (Wildman–Crippen MR) is 99.5 cm³/mol. The van der Waals surface area contributed by atoms with E-state index in [1.54, 1.807) is 13.1 Å². The van der Waals surface area contributed by atoms with E-state index in [-0.39, 0.29) is 30.0 Å². The minimum Gasteiger partial charge on any atom is -0.356 e. The monoisotopic (exact) mass is 443 g/mol. The Balaban J connectivity index is 0.00000484. The van der Waals surface area contributed by atoms with Crippen molar-refractivity contribution in [1.29, 1.82) is 0 Å². The van der Waals surface area contributed by atoms with Crippen LogP contribution < -0.4 is 10.6 Å². The van der Waals surface area contributed by atoms with Crippen molar-refractivity contribution in [3.63, 3.8) is 0 Å². The van der Waals surface area contributed by atoms with E-state index in [0.29, 0.717) is 18.1 Å². The first-order chi connectivity index (χ1) is 10.1. The van der Waals surface area contributed by atoms with Crippen molar-refractivity contribution in [2.24, 2.45) is 4.99 Å². The Labute approximate surface area is 153 Å². The van der Waals surface area contributed by atoms with E-state index in [4.69, 9.17) is 0 Å². The normalized spacial score (nSPS) is 12.8. The van der Waals surface area contributed by atoms with Crippen LogP contribution in [-0.4, -0.2) is 25.6 Å². The third-order valence-electron chi connectivity index (χ3n) is 3.32. The summed E-state index contributed by atoms with van der Waals surface area (Å²) in [7, 11) is 1.66. The molecule has 0 aliphatic carbocycles. The molecule has 0 unspecified atom stereocenters. The van der Waals surface area contributed by atoms with Gasteiger partial charge < -0.3 is 10.6 Å². The van der Waals surface area contributed by atoms with Crippen LogP contribution in [0.5, 0.6) is 0 Å². The molecule has 7 heteroatoms. The molecule has 0 saturated carbocycles. The lowest BCUT2D eigenvalue weighted by Crippen LogP contribution is -2.45. The van der Waals surface area contributed by atoms with Crippen molar-refractivity contribution in [2.75, 3.05) is 13.6 Å². The minimum atomic E-state index is -4.32. The van der Waals surface area contributed by atoms with Crippen molar-refractivity contribution in [2.45, 2.75) is 45.3 Å². The van der Waals surface area contributed by atoms with Crippen LogP contribution >= 0.6 is 24.0 Å². The van der Waals surface area contributed by atoms with E-state index in [1.807, 2.05) is 27.7 Å². The largest absolute Gasteiger partial charge is 0.416 e. The number of hydrogen-bond donors (Lipinski definition) is 2. The van der Waals surface area contributed by atoms with Gasteiger partial charge in [-0.05, 0) is 25.5 Å². The minimum absolute atomic E-state index is 0. The zero-order valence-corrected chi connectivity index (χ0v) is 16.4. The fraction of sp³-hybridized carbons (Fsp3) is 0.562. The Hall–Kier alpha value is -0.990. The third kappa shape index (κ3) is 6.97. The fourth-order valence-electron chi connectivity index (χ4n) is 1.99. The predicted octanol–water partition coefficient (Wildman–Crippen LogP) is 4.17. The molecule has 0 saturated heterocycles. The molecule has 0 spiro atoms. The molecule has 1 aromatic rings. The summed E-state index contributed by atoms with van der Waals surface area (Å²) in [5, 5.41) is 6.30. The van der Waals surface area contributed by atoms with Crippen molar-refractivity contribution < 1.29 is 13.2 Å². The Morgan fingerprint density at radius 3 is 2.22 bits per heavy atom. The smallest absolute Gasteiger partial charge is 0.356 e. The van der Waals surface area contributed by atoms with Crippen LogP contribution in [0.1, 0.15) is 38.8 Å². The van der Waals surface area contributed by atoms with Gasteiger partial charge in [-0.25, -0.2) is 0 Å². The SMILES string of the molecule is CN=C(NCC(C)(C)c1cccc(C(F)(F)F)c1)NC(C)C.I. The molecule has 0 heterocycles. The van der Waals surface area contributed by atoms with Gasteiger partial charge in [0.05, 0.1) is 5.56 Å². The summed E-state index contributed by atoms with van der Waals surface area (Å²) in [5.41, 5.74) is -0.451. The summed E-state index contributed by atoms with van der Waals surface area (Å²) < 4.78 is 38.5. The molecule has 0 fully saturated rings. The van der Waals surface area contributed by atoms with E-state index < -0.39 is 17.2 Å². The second-order valence-electron chi connectivity index (χ2n) is 6.19. The number of nitrogens with one attached hydrogen (secondary N) is 2. The van der Waals surface area contributed by atoms with Gasteiger partial charge in [-0.15, -0.1) is 24.0 Å². The lowest BCUT2D eigenvalue weighted by atomic mass is 9.84. The summed E-state index contributed by atoms with van der Waals surface area (Å²) in [4.78, 5) is 4.10. The van der Waals surface area contributed by atoms with E-state index in [1.165, 1.54) is 12.1 Å². The average Bonchev–Trinajstić information content (AvgIpc) is 2.42. The number of aliphatic imine (C=N–C) groups is 1. The number of guanidine groups is 1. The molecule has 23 heavy (non-hydrogen) atoms. The molecule has 0 aliphatic rings. The molecule has 0 amide bonds. The van der Waals surface area contributed by atoms with Crippen LogP contribution in [0.15, 0.2) is 29.3 Å². The summed E-state index contributed by atoms with van der Waals surface area (Å²) in [5.74, 6) is 0.634. The van der Waals surface area contributed by atoms with Crippen LogP contribution in [0, 0.1) is 0 Å². The first-order valence-electron chi connectivity index (χ1n) is 7.21. The van der Waals surface area contributed by atoms with Crippen LogP contribution in [0.25, 0.3) is 0 Å². The van der Waals surface area contributed by atoms with Gasteiger partial charge in [0.25, 0.3) is 0 Å². The maximum Gasteiger partial charge on any atom is 0.416 e. The number of halogens is 4. The summed E-state index contributed by atoms with van der Waals surface area (Å²) in [6.45, 7) is 8.26. The highest BCUT2D eigenvalue weighted by atomic mass is 127. The number of nitrogens with zero attached hydrogens (tertiary/aromatic N) is 1. The van der Waals surface area contributed by atoms with Crippen LogP contribution in [0.2, 0.25) is 0 Å². The maximum absolute atomic E-state index is 12.8. The van der Waals surface area contributed by atoms with Crippen LogP contribution in [0.3, 0.4) is 0 Å². The third-order valence-corrected chi connectivity index (χ3v) is 3.32. The highest BCUT2D eigenvalue weighted by Crippen LogP contribution is 2.32. The van der Waals surface area contributed by atoms with E-state index in [2.05, 4.69) is 15.6 Å². The van der Waals surface area contributed by atoms with Crippen LogP contribution in [-0.2, 0) is 11.6 Å². The molecule has 0 atom stereocenters. The molecule has 2 N–H and O–H groups in total. The molecule has 0 bridgehead atoms. The Kier molecular flexibility index (Phi) is 8.37. The number of rotatable bonds is 4. The topological polar surface area (TPSA) is 36.4 Å². The molecular weight excluding hydrogens is 418 g/mol. The van der Waals surface area contributed by atoms with E-state index in [9.17, 15) is 13.2 Å². The first kappa shape index (κ1) is 22.0.